The van der Waals surface area contributed by atoms with E-state index in [9.17, 15) is 9.59 Å². The second-order valence-corrected chi connectivity index (χ2v) is 3.56. The Hall–Kier alpha value is -1.64. The molecule has 1 aliphatic carbocycles. The largest absolute Gasteiger partial charge is 0.269 e. The number of fused-ring (bicyclic) bond motifs is 1. The summed E-state index contributed by atoms with van der Waals surface area (Å²) >= 11 is 0. The summed E-state index contributed by atoms with van der Waals surface area (Å²) in [5, 5.41) is 0. The number of imide groups is 1. The van der Waals surface area contributed by atoms with Crippen molar-refractivity contribution in [2.24, 2.45) is 0 Å². The topological polar surface area (TPSA) is 37.4 Å². The van der Waals surface area contributed by atoms with Gasteiger partial charge in [-0.3, -0.25) is 14.5 Å². The number of nitrogens with zero attached hydrogens (tertiary/aromatic N) is 1. The SMILES string of the molecule is O=C1c2ccccc2C(=O)N1[C]1CC1. The molecule has 1 aliphatic heterocycles. The highest BCUT2D eigenvalue weighted by Crippen LogP contribution is 2.40. The van der Waals surface area contributed by atoms with Crippen LogP contribution >= 0.6 is 0 Å². The first-order valence-corrected chi connectivity index (χ1v) is 4.61. The fourth-order valence-corrected chi connectivity index (χ4v) is 1.76. The number of carbonyl (C=O) groups excluding carboxylic acids is 2. The zero-order valence-corrected chi connectivity index (χ0v) is 7.49. The number of benzene rings is 1. The van der Waals surface area contributed by atoms with Gasteiger partial charge in [-0.2, -0.15) is 0 Å². The van der Waals surface area contributed by atoms with Crippen molar-refractivity contribution in [2.45, 2.75) is 12.8 Å². The van der Waals surface area contributed by atoms with Crippen molar-refractivity contribution in [1.29, 1.82) is 0 Å². The molecule has 0 N–H and O–H groups in total. The molecule has 3 rings (SSSR count). The number of hydrogen-bond donors (Lipinski definition) is 0. The minimum Gasteiger partial charge on any atom is -0.269 e. The maximum atomic E-state index is 11.8. The molecule has 1 radical (unpaired) electrons. The summed E-state index contributed by atoms with van der Waals surface area (Å²) in [4.78, 5) is 24.9. The van der Waals surface area contributed by atoms with Crippen LogP contribution < -0.4 is 0 Å². The molecular formula is C11H8NO2. The summed E-state index contributed by atoms with van der Waals surface area (Å²) in [7, 11) is 0. The minimum atomic E-state index is -0.155. The Kier molecular flexibility index (Phi) is 1.35. The molecule has 3 nitrogen and oxygen atoms in total. The first-order chi connectivity index (χ1) is 6.79. The maximum Gasteiger partial charge on any atom is 0.262 e. The molecule has 1 aromatic rings. The lowest BCUT2D eigenvalue weighted by Crippen LogP contribution is -2.27. The molecule has 0 saturated heterocycles. The van der Waals surface area contributed by atoms with Gasteiger partial charge in [0.15, 0.2) is 0 Å². The molecule has 2 aliphatic rings. The van der Waals surface area contributed by atoms with Crippen LogP contribution in [0.15, 0.2) is 24.3 Å². The average Bonchev–Trinajstić information content (AvgIpc) is 2.99. The van der Waals surface area contributed by atoms with E-state index in [2.05, 4.69) is 0 Å². The van der Waals surface area contributed by atoms with E-state index in [0.29, 0.717) is 11.1 Å². The molecule has 1 saturated carbocycles. The van der Waals surface area contributed by atoms with Crippen LogP contribution in [0.3, 0.4) is 0 Å². The van der Waals surface area contributed by atoms with Gasteiger partial charge >= 0.3 is 0 Å². The van der Waals surface area contributed by atoms with E-state index in [1.54, 1.807) is 24.3 Å². The molecule has 1 fully saturated rings. The Morgan fingerprint density at radius 2 is 1.43 bits per heavy atom. The summed E-state index contributed by atoms with van der Waals surface area (Å²) in [5.41, 5.74) is 1.08. The van der Waals surface area contributed by atoms with Crippen molar-refractivity contribution in [1.82, 2.24) is 4.90 Å². The van der Waals surface area contributed by atoms with Crippen LogP contribution in [0.5, 0.6) is 0 Å². The van der Waals surface area contributed by atoms with Crippen molar-refractivity contribution >= 4 is 11.8 Å². The highest BCUT2D eigenvalue weighted by atomic mass is 16.2. The van der Waals surface area contributed by atoms with Crippen molar-refractivity contribution in [2.75, 3.05) is 0 Å². The number of amides is 2. The smallest absolute Gasteiger partial charge is 0.262 e. The molecule has 69 valence electrons. The molecule has 2 amide bonds. The van der Waals surface area contributed by atoms with Gasteiger partial charge in [0, 0.05) is 0 Å². The molecule has 0 unspecified atom stereocenters. The normalized spacial score (nSPS) is 20.1. The second kappa shape index (κ2) is 2.44. The highest BCUT2D eigenvalue weighted by Gasteiger charge is 2.44. The van der Waals surface area contributed by atoms with Crippen LogP contribution in [0.4, 0.5) is 0 Å². The fourth-order valence-electron chi connectivity index (χ4n) is 1.76. The van der Waals surface area contributed by atoms with Crippen molar-refractivity contribution in [3.63, 3.8) is 0 Å². The van der Waals surface area contributed by atoms with E-state index in [-0.39, 0.29) is 11.8 Å². The monoisotopic (exact) mass is 186 g/mol. The third-order valence-corrected chi connectivity index (χ3v) is 2.58. The molecule has 0 atom stereocenters. The molecule has 1 heterocycles. The fraction of sp³-hybridized carbons (Fsp3) is 0.182. The van der Waals surface area contributed by atoms with Crippen molar-refractivity contribution < 1.29 is 9.59 Å². The Morgan fingerprint density at radius 3 is 1.86 bits per heavy atom. The zero-order chi connectivity index (χ0) is 9.71. The summed E-state index contributed by atoms with van der Waals surface area (Å²) in [6.45, 7) is 0. The standard InChI is InChI=1S/C11H8NO2/c13-10-8-3-1-2-4-9(8)11(14)12(10)7-5-6-7/h1-4H,5-6H2. The van der Waals surface area contributed by atoms with Gasteiger partial charge < -0.3 is 0 Å². The third kappa shape index (κ3) is 0.867. The summed E-state index contributed by atoms with van der Waals surface area (Å²) in [6.07, 6.45) is 1.76. The summed E-state index contributed by atoms with van der Waals surface area (Å²) < 4.78 is 0. The molecule has 14 heavy (non-hydrogen) atoms. The molecule has 0 spiro atoms. The number of hydrogen-bond acceptors (Lipinski definition) is 2. The first-order valence-electron chi connectivity index (χ1n) is 4.61. The lowest BCUT2D eigenvalue weighted by atomic mass is 10.1. The van der Waals surface area contributed by atoms with Crippen LogP contribution in [-0.4, -0.2) is 16.7 Å². The Balaban J connectivity index is 2.12. The lowest BCUT2D eigenvalue weighted by Gasteiger charge is -2.10. The third-order valence-electron chi connectivity index (χ3n) is 2.58. The first kappa shape index (κ1) is 7.74. The Morgan fingerprint density at radius 1 is 0.929 bits per heavy atom. The van der Waals surface area contributed by atoms with Gasteiger partial charge in [0.1, 0.15) is 0 Å². The average molecular weight is 186 g/mol. The highest BCUT2D eigenvalue weighted by molar-refractivity contribution is 6.22. The predicted octanol–water partition coefficient (Wildman–Crippen LogP) is 1.61. The molecular weight excluding hydrogens is 178 g/mol. The van der Waals surface area contributed by atoms with E-state index < -0.39 is 0 Å². The zero-order valence-electron chi connectivity index (χ0n) is 7.49. The predicted molar refractivity (Wildman–Crippen MR) is 49.4 cm³/mol. The molecule has 0 bridgehead atoms. The van der Waals surface area contributed by atoms with Gasteiger partial charge in [-0.25, -0.2) is 0 Å². The lowest BCUT2D eigenvalue weighted by molar-refractivity contribution is 0.0688. The van der Waals surface area contributed by atoms with Gasteiger partial charge in [-0.05, 0) is 25.0 Å². The Labute approximate surface area is 81.3 Å². The van der Waals surface area contributed by atoms with Crippen LogP contribution in [0.1, 0.15) is 33.6 Å². The summed E-state index contributed by atoms with van der Waals surface area (Å²) in [6, 6.07) is 7.93. The van der Waals surface area contributed by atoms with Gasteiger partial charge in [0.25, 0.3) is 11.8 Å². The van der Waals surface area contributed by atoms with Gasteiger partial charge in [0.2, 0.25) is 0 Å². The van der Waals surface area contributed by atoms with Crippen molar-refractivity contribution in [3.05, 3.63) is 41.4 Å². The molecule has 1 aromatic carbocycles. The maximum absolute atomic E-state index is 11.8. The quantitative estimate of drug-likeness (QED) is 0.625. The van der Waals surface area contributed by atoms with Gasteiger partial charge in [-0.1, -0.05) is 12.1 Å². The minimum absolute atomic E-state index is 0.155. The van der Waals surface area contributed by atoms with E-state index in [1.165, 1.54) is 4.90 Å². The van der Waals surface area contributed by atoms with Gasteiger partial charge in [0.05, 0.1) is 17.2 Å². The molecule has 0 aromatic heterocycles. The van der Waals surface area contributed by atoms with Gasteiger partial charge in [-0.15, -0.1) is 0 Å². The van der Waals surface area contributed by atoms with E-state index in [4.69, 9.17) is 0 Å². The van der Waals surface area contributed by atoms with E-state index in [1.807, 2.05) is 0 Å². The van der Waals surface area contributed by atoms with Crippen LogP contribution in [0.25, 0.3) is 0 Å². The van der Waals surface area contributed by atoms with Crippen molar-refractivity contribution in [3.8, 4) is 0 Å². The molecule has 3 heteroatoms. The van der Waals surface area contributed by atoms with E-state index >= 15 is 0 Å². The van der Waals surface area contributed by atoms with E-state index in [0.717, 1.165) is 18.9 Å². The number of carbonyl (C=O) groups is 2. The van der Waals surface area contributed by atoms with Crippen LogP contribution in [0, 0.1) is 6.04 Å². The summed E-state index contributed by atoms with van der Waals surface area (Å²) in [5.74, 6) is -0.309. The second-order valence-electron chi connectivity index (χ2n) is 3.56. The number of rotatable bonds is 1. The van der Waals surface area contributed by atoms with Crippen LogP contribution in [0.2, 0.25) is 0 Å². The Bertz CT molecular complexity index is 400. The van der Waals surface area contributed by atoms with Crippen LogP contribution in [-0.2, 0) is 0 Å².